The van der Waals surface area contributed by atoms with Crippen molar-refractivity contribution in [2.24, 2.45) is 0 Å². The van der Waals surface area contributed by atoms with Crippen LogP contribution >= 0.6 is 24.2 Å². The van der Waals surface area contributed by atoms with E-state index >= 15 is 0 Å². The van der Waals surface area contributed by atoms with Gasteiger partial charge in [0, 0.05) is 19.1 Å². The summed E-state index contributed by atoms with van der Waals surface area (Å²) in [5.74, 6) is 0.415. The first kappa shape index (κ1) is 29.8. The molecule has 2 fully saturated rings. The summed E-state index contributed by atoms with van der Waals surface area (Å²) in [5, 5.41) is 9.03. The fraction of sp³-hybridized carbons (Fsp3) is 0.586. The highest BCUT2D eigenvalue weighted by Gasteiger charge is 2.27. The summed E-state index contributed by atoms with van der Waals surface area (Å²) in [6.45, 7) is 2.78. The van der Waals surface area contributed by atoms with Crippen LogP contribution in [0.1, 0.15) is 56.9 Å². The average Bonchev–Trinajstić information content (AvgIpc) is 3.40. The van der Waals surface area contributed by atoms with E-state index in [1.165, 1.54) is 29.2 Å². The molecule has 6 nitrogen and oxygen atoms in total. The van der Waals surface area contributed by atoms with Crippen LogP contribution < -0.4 is 10.6 Å². The van der Waals surface area contributed by atoms with Crippen LogP contribution in [-0.2, 0) is 20.9 Å². The molecule has 1 amide bonds. The smallest absolute Gasteiger partial charge is 0.328 e. The van der Waals surface area contributed by atoms with E-state index in [2.05, 4.69) is 58.0 Å². The van der Waals surface area contributed by atoms with Gasteiger partial charge >= 0.3 is 5.97 Å². The first-order chi connectivity index (χ1) is 17.6. The molecule has 0 bridgehead atoms. The monoisotopic (exact) mass is 547 g/mol. The van der Waals surface area contributed by atoms with E-state index in [4.69, 9.17) is 4.74 Å². The second kappa shape index (κ2) is 15.6. The molecule has 2 aromatic rings. The zero-order valence-electron chi connectivity index (χ0n) is 22.0. The number of amides is 1. The Labute approximate surface area is 232 Å². The van der Waals surface area contributed by atoms with E-state index in [0.29, 0.717) is 19.0 Å². The first-order valence-electron chi connectivity index (χ1n) is 13.5. The zero-order chi connectivity index (χ0) is 25.2. The molecule has 8 heteroatoms. The Morgan fingerprint density at radius 3 is 2.62 bits per heavy atom. The number of fused-ring (bicyclic) bond motifs is 1. The third-order valence-corrected chi connectivity index (χ3v) is 7.99. The van der Waals surface area contributed by atoms with E-state index < -0.39 is 6.04 Å². The van der Waals surface area contributed by atoms with Crippen LogP contribution in [0.2, 0.25) is 0 Å². The third kappa shape index (κ3) is 9.17. The molecule has 0 unspecified atom stereocenters. The number of hydrogen-bond donors (Lipinski definition) is 2. The highest BCUT2D eigenvalue weighted by molar-refractivity contribution is 7.98. The van der Waals surface area contributed by atoms with Crippen molar-refractivity contribution < 1.29 is 14.3 Å². The van der Waals surface area contributed by atoms with E-state index in [-0.39, 0.29) is 36.9 Å². The number of rotatable bonds is 12. The fourth-order valence-corrected chi connectivity index (χ4v) is 5.91. The Morgan fingerprint density at radius 2 is 1.86 bits per heavy atom. The van der Waals surface area contributed by atoms with Crippen molar-refractivity contribution in [3.05, 3.63) is 48.0 Å². The van der Waals surface area contributed by atoms with Gasteiger partial charge in [0.2, 0.25) is 5.91 Å². The quantitative estimate of drug-likeness (QED) is 0.367. The van der Waals surface area contributed by atoms with Crippen molar-refractivity contribution in [2.75, 3.05) is 31.6 Å². The van der Waals surface area contributed by atoms with Crippen molar-refractivity contribution in [3.8, 4) is 0 Å². The van der Waals surface area contributed by atoms with Gasteiger partial charge in [0.1, 0.15) is 12.1 Å². The molecule has 37 heavy (non-hydrogen) atoms. The van der Waals surface area contributed by atoms with Gasteiger partial charge in [0.15, 0.2) is 0 Å². The fourth-order valence-electron chi connectivity index (χ4n) is 5.44. The lowest BCUT2D eigenvalue weighted by Crippen LogP contribution is -2.48. The lowest BCUT2D eigenvalue weighted by Gasteiger charge is -2.28. The van der Waals surface area contributed by atoms with Crippen LogP contribution in [0.3, 0.4) is 0 Å². The Bertz CT molecular complexity index is 990. The number of carbonyl (C=O) groups excluding carboxylic acids is 2. The summed E-state index contributed by atoms with van der Waals surface area (Å²) >= 11 is 1.68. The number of esters is 1. The van der Waals surface area contributed by atoms with Crippen LogP contribution in [-0.4, -0.2) is 66.6 Å². The second-order valence-corrected chi connectivity index (χ2v) is 11.2. The lowest BCUT2D eigenvalue weighted by atomic mass is 9.98. The van der Waals surface area contributed by atoms with Crippen molar-refractivity contribution in [2.45, 2.75) is 76.1 Å². The number of carbonyl (C=O) groups is 2. The zero-order valence-corrected chi connectivity index (χ0v) is 23.6. The van der Waals surface area contributed by atoms with Crippen LogP contribution in [0.25, 0.3) is 10.8 Å². The second-order valence-electron chi connectivity index (χ2n) is 10.2. The molecule has 1 aliphatic heterocycles. The number of nitrogens with one attached hydrogen (secondary N) is 2. The molecule has 2 atom stereocenters. The Kier molecular flexibility index (Phi) is 12.5. The summed E-state index contributed by atoms with van der Waals surface area (Å²) in [6.07, 6.45) is 10.2. The normalized spacial score (nSPS) is 18.9. The first-order valence-corrected chi connectivity index (χ1v) is 14.9. The molecule has 1 heterocycles. The Balaban J connectivity index is 0.00000380. The summed E-state index contributed by atoms with van der Waals surface area (Å²) in [7, 11) is 0. The van der Waals surface area contributed by atoms with Gasteiger partial charge in [0.05, 0.1) is 6.54 Å². The third-order valence-electron chi connectivity index (χ3n) is 7.35. The number of nitrogens with zero attached hydrogens (tertiary/aromatic N) is 1. The van der Waals surface area contributed by atoms with Crippen molar-refractivity contribution in [1.82, 2.24) is 15.5 Å². The van der Waals surface area contributed by atoms with Crippen LogP contribution in [0.5, 0.6) is 0 Å². The average molecular weight is 548 g/mol. The van der Waals surface area contributed by atoms with Crippen molar-refractivity contribution in [3.63, 3.8) is 0 Å². The van der Waals surface area contributed by atoms with Crippen LogP contribution in [0.15, 0.2) is 42.5 Å². The highest BCUT2D eigenvalue weighted by atomic mass is 35.5. The highest BCUT2D eigenvalue weighted by Crippen LogP contribution is 2.22. The largest absolute Gasteiger partial charge is 0.461 e. The molecular formula is C29H42ClN3O3S. The summed E-state index contributed by atoms with van der Waals surface area (Å²) in [5.41, 5.74) is 1.22. The molecule has 1 aliphatic carbocycles. The number of hydrogen-bond acceptors (Lipinski definition) is 6. The van der Waals surface area contributed by atoms with Gasteiger partial charge < -0.3 is 15.4 Å². The molecule has 2 aliphatic rings. The van der Waals surface area contributed by atoms with Gasteiger partial charge in [-0.25, -0.2) is 4.79 Å². The molecule has 2 aromatic carbocycles. The van der Waals surface area contributed by atoms with Gasteiger partial charge in [0.25, 0.3) is 0 Å². The van der Waals surface area contributed by atoms with Gasteiger partial charge in [-0.05, 0) is 79.8 Å². The number of thioether (sulfide) groups is 1. The standard InChI is InChI=1S/C29H41N3O3S.ClH/c1-36-18-16-27(29(34)35-25-13-3-2-4-14-25)31-28(33)21-32(20-24-12-8-17-30-24)19-23-11-7-10-22-9-5-6-15-26(22)23;/h5-7,9-11,15,24-25,27,30H,2-4,8,12-14,16-21H2,1H3,(H,31,33);1H/t24-,27-;/m0./s1. The SMILES string of the molecule is CSCC[C@H](NC(=O)CN(Cc1cccc2ccccc12)C[C@@H]1CCCN1)C(=O)OC1CCCCC1.Cl. The number of ether oxygens (including phenoxy) is 1. The van der Waals surface area contributed by atoms with Gasteiger partial charge in [-0.15, -0.1) is 12.4 Å². The minimum Gasteiger partial charge on any atom is -0.461 e. The van der Waals surface area contributed by atoms with E-state index in [9.17, 15) is 9.59 Å². The van der Waals surface area contributed by atoms with Gasteiger partial charge in [-0.3, -0.25) is 9.69 Å². The predicted octanol–water partition coefficient (Wildman–Crippen LogP) is 4.93. The van der Waals surface area contributed by atoms with Crippen molar-refractivity contribution >= 4 is 46.8 Å². The molecule has 1 saturated heterocycles. The maximum atomic E-state index is 13.3. The maximum absolute atomic E-state index is 13.3. The van der Waals surface area contributed by atoms with E-state index in [0.717, 1.165) is 50.9 Å². The van der Waals surface area contributed by atoms with Gasteiger partial charge in [-0.1, -0.05) is 48.9 Å². The lowest BCUT2D eigenvalue weighted by molar-refractivity contribution is -0.154. The summed E-state index contributed by atoms with van der Waals surface area (Å²) in [6, 6.07) is 14.6. The van der Waals surface area contributed by atoms with E-state index in [1.807, 2.05) is 6.26 Å². The minimum absolute atomic E-state index is 0. The van der Waals surface area contributed by atoms with Crippen LogP contribution in [0, 0.1) is 0 Å². The molecule has 204 valence electrons. The number of benzene rings is 2. The molecule has 0 radical (unpaired) electrons. The number of halogens is 1. The molecule has 0 spiro atoms. The Hall–Kier alpha value is -1.80. The molecule has 4 rings (SSSR count). The van der Waals surface area contributed by atoms with E-state index in [1.54, 1.807) is 11.8 Å². The molecule has 2 N–H and O–H groups in total. The molecule has 1 saturated carbocycles. The maximum Gasteiger partial charge on any atom is 0.328 e. The van der Waals surface area contributed by atoms with Crippen molar-refractivity contribution in [1.29, 1.82) is 0 Å². The predicted molar refractivity (Wildman–Crippen MR) is 155 cm³/mol. The Morgan fingerprint density at radius 1 is 1.08 bits per heavy atom. The molecule has 0 aromatic heterocycles. The minimum atomic E-state index is -0.587. The topological polar surface area (TPSA) is 70.7 Å². The summed E-state index contributed by atoms with van der Waals surface area (Å²) < 4.78 is 5.82. The van der Waals surface area contributed by atoms with Gasteiger partial charge in [-0.2, -0.15) is 11.8 Å². The van der Waals surface area contributed by atoms with Crippen LogP contribution in [0.4, 0.5) is 0 Å². The summed E-state index contributed by atoms with van der Waals surface area (Å²) in [4.78, 5) is 28.5. The molecular weight excluding hydrogens is 506 g/mol.